The molecule has 3 N–H and O–H groups in total. The molecule has 0 spiro atoms. The Morgan fingerprint density at radius 2 is 2.13 bits per heavy atom. The molecular formula is C10H19N3O2. The van der Waals surface area contributed by atoms with Gasteiger partial charge in [0.15, 0.2) is 0 Å². The second-order valence-electron chi connectivity index (χ2n) is 4.07. The second kappa shape index (κ2) is 5.11. The van der Waals surface area contributed by atoms with Crippen molar-refractivity contribution in [1.29, 1.82) is 0 Å². The number of hydrogen-bond donors (Lipinski definition) is 3. The number of nitrogens with one attached hydrogen (secondary N) is 3. The minimum Gasteiger partial charge on any atom is -0.358 e. The van der Waals surface area contributed by atoms with Crippen LogP contribution in [0, 0.1) is 0 Å². The molecule has 0 aromatic rings. The van der Waals surface area contributed by atoms with E-state index < -0.39 is 5.54 Å². The Labute approximate surface area is 90.0 Å². The van der Waals surface area contributed by atoms with E-state index in [4.69, 9.17) is 0 Å². The molecule has 0 unspecified atom stereocenters. The Hall–Kier alpha value is -1.10. The highest BCUT2D eigenvalue weighted by molar-refractivity contribution is 5.89. The van der Waals surface area contributed by atoms with E-state index in [-0.39, 0.29) is 18.4 Å². The second-order valence-corrected chi connectivity index (χ2v) is 4.07. The summed E-state index contributed by atoms with van der Waals surface area (Å²) >= 11 is 0. The lowest BCUT2D eigenvalue weighted by Gasteiger charge is -2.33. The topological polar surface area (TPSA) is 70.2 Å². The fraction of sp³-hybridized carbons (Fsp3) is 0.800. The Balaban J connectivity index is 2.41. The molecule has 0 saturated carbocycles. The van der Waals surface area contributed by atoms with Crippen LogP contribution < -0.4 is 16.0 Å². The van der Waals surface area contributed by atoms with E-state index in [2.05, 4.69) is 16.0 Å². The highest BCUT2D eigenvalue weighted by atomic mass is 16.2. The van der Waals surface area contributed by atoms with Crippen LogP contribution in [0.5, 0.6) is 0 Å². The molecule has 2 amide bonds. The maximum atomic E-state index is 11.8. The van der Waals surface area contributed by atoms with Gasteiger partial charge in [-0.3, -0.25) is 9.59 Å². The molecule has 1 atom stereocenters. The summed E-state index contributed by atoms with van der Waals surface area (Å²) in [6.07, 6.45) is 2.99. The molecule has 0 radical (unpaired) electrons. The van der Waals surface area contributed by atoms with E-state index in [1.54, 1.807) is 7.05 Å². The Kier molecular flexibility index (Phi) is 4.08. The molecule has 1 aliphatic rings. The van der Waals surface area contributed by atoms with Gasteiger partial charge >= 0.3 is 0 Å². The molecule has 1 heterocycles. The molecular weight excluding hydrogens is 194 g/mol. The third-order valence-corrected chi connectivity index (χ3v) is 2.81. The smallest absolute Gasteiger partial charge is 0.240 e. The number of amides is 2. The first-order chi connectivity index (χ1) is 7.08. The lowest BCUT2D eigenvalue weighted by atomic mass is 9.90. The summed E-state index contributed by atoms with van der Waals surface area (Å²) in [6, 6.07) is 0. The van der Waals surface area contributed by atoms with Crippen LogP contribution in [0.15, 0.2) is 0 Å². The molecule has 5 heteroatoms. The predicted molar refractivity (Wildman–Crippen MR) is 57.3 cm³/mol. The normalized spacial score (nSPS) is 25.7. The maximum absolute atomic E-state index is 11.8. The number of likely N-dealkylation sites (N-methyl/N-ethyl adjacent to an activating group) is 1. The third-order valence-electron chi connectivity index (χ3n) is 2.81. The zero-order valence-electron chi connectivity index (χ0n) is 9.35. The fourth-order valence-corrected chi connectivity index (χ4v) is 1.69. The van der Waals surface area contributed by atoms with Gasteiger partial charge < -0.3 is 16.0 Å². The minimum atomic E-state index is -0.508. The van der Waals surface area contributed by atoms with Crippen molar-refractivity contribution in [2.75, 3.05) is 20.1 Å². The molecule has 1 aliphatic heterocycles. The van der Waals surface area contributed by atoms with Gasteiger partial charge in [-0.25, -0.2) is 0 Å². The predicted octanol–water partition coefficient (Wildman–Crippen LogP) is -0.619. The lowest BCUT2D eigenvalue weighted by molar-refractivity contribution is -0.130. The van der Waals surface area contributed by atoms with Gasteiger partial charge in [-0.1, -0.05) is 0 Å². The first kappa shape index (κ1) is 12.0. The van der Waals surface area contributed by atoms with Crippen molar-refractivity contribution in [3.05, 3.63) is 0 Å². The summed E-state index contributed by atoms with van der Waals surface area (Å²) < 4.78 is 0. The van der Waals surface area contributed by atoms with Crippen molar-refractivity contribution >= 4 is 11.8 Å². The van der Waals surface area contributed by atoms with Crippen molar-refractivity contribution in [1.82, 2.24) is 16.0 Å². The number of hydrogen-bond acceptors (Lipinski definition) is 3. The van der Waals surface area contributed by atoms with Gasteiger partial charge in [-0.2, -0.15) is 0 Å². The Morgan fingerprint density at radius 1 is 1.40 bits per heavy atom. The van der Waals surface area contributed by atoms with Gasteiger partial charge in [0.2, 0.25) is 11.8 Å². The highest BCUT2D eigenvalue weighted by Crippen LogP contribution is 2.18. The van der Waals surface area contributed by atoms with Crippen molar-refractivity contribution in [2.24, 2.45) is 0 Å². The Bertz CT molecular complexity index is 247. The van der Waals surface area contributed by atoms with Crippen LogP contribution in [-0.2, 0) is 9.59 Å². The van der Waals surface area contributed by atoms with E-state index >= 15 is 0 Å². The molecule has 15 heavy (non-hydrogen) atoms. The van der Waals surface area contributed by atoms with E-state index in [1.807, 2.05) is 6.92 Å². The molecule has 1 saturated heterocycles. The van der Waals surface area contributed by atoms with E-state index in [9.17, 15) is 9.59 Å². The van der Waals surface area contributed by atoms with E-state index in [0.717, 1.165) is 25.8 Å². The standard InChI is InChI=1S/C10H19N3O2/c1-10(5-3-4-6-13-10)9(15)12-7-8(14)11-2/h13H,3-7H2,1-2H3,(H,11,14)(H,12,15)/t10-/m1/s1. The molecule has 0 aromatic heterocycles. The summed E-state index contributed by atoms with van der Waals surface area (Å²) in [5.41, 5.74) is -0.508. The van der Waals surface area contributed by atoms with Gasteiger partial charge in [0.25, 0.3) is 0 Å². The molecule has 1 fully saturated rings. The van der Waals surface area contributed by atoms with Crippen LogP contribution in [-0.4, -0.2) is 37.5 Å². The molecule has 0 aliphatic carbocycles. The number of piperidine rings is 1. The van der Waals surface area contributed by atoms with Crippen LogP contribution in [0.4, 0.5) is 0 Å². The van der Waals surface area contributed by atoms with Crippen molar-refractivity contribution < 1.29 is 9.59 Å². The van der Waals surface area contributed by atoms with Gasteiger partial charge in [0.1, 0.15) is 0 Å². The largest absolute Gasteiger partial charge is 0.358 e. The Morgan fingerprint density at radius 3 is 2.67 bits per heavy atom. The van der Waals surface area contributed by atoms with Gasteiger partial charge in [-0.05, 0) is 32.7 Å². The maximum Gasteiger partial charge on any atom is 0.240 e. The zero-order chi connectivity index (χ0) is 11.3. The third kappa shape index (κ3) is 3.20. The first-order valence-corrected chi connectivity index (χ1v) is 5.32. The van der Waals surface area contributed by atoms with Gasteiger partial charge in [0.05, 0.1) is 12.1 Å². The van der Waals surface area contributed by atoms with Gasteiger partial charge in [-0.15, -0.1) is 0 Å². The summed E-state index contributed by atoms with van der Waals surface area (Å²) in [4.78, 5) is 22.7. The highest BCUT2D eigenvalue weighted by Gasteiger charge is 2.33. The van der Waals surface area contributed by atoms with Crippen molar-refractivity contribution in [2.45, 2.75) is 31.7 Å². The fourth-order valence-electron chi connectivity index (χ4n) is 1.69. The van der Waals surface area contributed by atoms with Crippen LogP contribution in [0.3, 0.4) is 0 Å². The van der Waals surface area contributed by atoms with Crippen molar-refractivity contribution in [3.63, 3.8) is 0 Å². The van der Waals surface area contributed by atoms with Crippen molar-refractivity contribution in [3.8, 4) is 0 Å². The number of carbonyl (C=O) groups is 2. The lowest BCUT2D eigenvalue weighted by Crippen LogP contribution is -2.57. The van der Waals surface area contributed by atoms with Gasteiger partial charge in [0, 0.05) is 7.05 Å². The zero-order valence-corrected chi connectivity index (χ0v) is 9.35. The first-order valence-electron chi connectivity index (χ1n) is 5.32. The number of carbonyl (C=O) groups excluding carboxylic acids is 2. The van der Waals surface area contributed by atoms with E-state index in [0.29, 0.717) is 0 Å². The summed E-state index contributed by atoms with van der Waals surface area (Å²) in [7, 11) is 1.55. The monoisotopic (exact) mass is 213 g/mol. The average molecular weight is 213 g/mol. The molecule has 86 valence electrons. The average Bonchev–Trinajstić information content (AvgIpc) is 2.26. The minimum absolute atomic E-state index is 0.0482. The van der Waals surface area contributed by atoms with Crippen LogP contribution in [0.1, 0.15) is 26.2 Å². The summed E-state index contributed by atoms with van der Waals surface area (Å²) in [5, 5.41) is 8.29. The molecule has 5 nitrogen and oxygen atoms in total. The summed E-state index contributed by atoms with van der Waals surface area (Å²) in [5.74, 6) is -0.270. The van der Waals surface area contributed by atoms with Crippen LogP contribution in [0.25, 0.3) is 0 Å². The summed E-state index contributed by atoms with van der Waals surface area (Å²) in [6.45, 7) is 2.79. The molecule has 0 bridgehead atoms. The quantitative estimate of drug-likeness (QED) is 0.585. The molecule has 1 rings (SSSR count). The SMILES string of the molecule is CNC(=O)CNC(=O)[C@@]1(C)CCCCN1. The van der Waals surface area contributed by atoms with Crippen LogP contribution in [0.2, 0.25) is 0 Å². The van der Waals surface area contributed by atoms with E-state index in [1.165, 1.54) is 0 Å². The molecule has 0 aromatic carbocycles. The number of rotatable bonds is 3. The van der Waals surface area contributed by atoms with Crippen LogP contribution >= 0.6 is 0 Å².